The van der Waals surface area contributed by atoms with E-state index in [1.165, 1.54) is 29.8 Å². The van der Waals surface area contributed by atoms with Crippen molar-refractivity contribution >= 4 is 22.8 Å². The van der Waals surface area contributed by atoms with E-state index in [4.69, 9.17) is 9.72 Å². The van der Waals surface area contributed by atoms with E-state index in [0.717, 1.165) is 49.4 Å². The molecule has 190 valence electrons. The van der Waals surface area contributed by atoms with Crippen molar-refractivity contribution in [1.82, 2.24) is 20.1 Å². The molecule has 2 N–H and O–H groups in total. The van der Waals surface area contributed by atoms with Crippen LogP contribution in [0.1, 0.15) is 65.8 Å². The van der Waals surface area contributed by atoms with Crippen molar-refractivity contribution in [2.75, 3.05) is 6.61 Å². The number of carbonyl (C=O) groups excluding carboxylic acids is 1. The third kappa shape index (κ3) is 5.75. The number of ether oxygens (including phenoxy) is 1. The van der Waals surface area contributed by atoms with Crippen LogP contribution in [0.2, 0.25) is 0 Å². The Bertz CT molecular complexity index is 1250. The number of pyridine rings is 1. The zero-order chi connectivity index (χ0) is 25.1. The van der Waals surface area contributed by atoms with Crippen LogP contribution >= 0.6 is 0 Å². The van der Waals surface area contributed by atoms with Gasteiger partial charge in [0.1, 0.15) is 6.04 Å². The van der Waals surface area contributed by atoms with Gasteiger partial charge in [-0.25, -0.2) is 4.79 Å². The van der Waals surface area contributed by atoms with E-state index in [2.05, 4.69) is 22.5 Å². The van der Waals surface area contributed by atoms with Gasteiger partial charge in [-0.05, 0) is 87.1 Å². The highest BCUT2D eigenvalue weighted by Crippen LogP contribution is 2.34. The quantitative estimate of drug-likeness (QED) is 0.447. The maximum atomic E-state index is 12.6. The minimum atomic E-state index is -1.06. The molecule has 0 aliphatic heterocycles. The Hall–Kier alpha value is -3.26. The Labute approximate surface area is 211 Å². The number of carbonyl (C=O) groups is 2. The molecule has 8 nitrogen and oxygen atoms in total. The molecule has 0 saturated heterocycles. The second-order valence-corrected chi connectivity index (χ2v) is 10.2. The number of hydrogen-bond acceptors (Lipinski definition) is 5. The minimum absolute atomic E-state index is 0.171. The number of amides is 1. The zero-order valence-corrected chi connectivity index (χ0v) is 20.8. The highest BCUT2D eigenvalue weighted by molar-refractivity contribution is 5.99. The lowest BCUT2D eigenvalue weighted by atomic mass is 9.79. The van der Waals surface area contributed by atoms with Gasteiger partial charge in [-0.15, -0.1) is 0 Å². The molecule has 1 amide bonds. The Balaban J connectivity index is 1.03. The number of fused-ring (bicyclic) bond motifs is 2. The predicted molar refractivity (Wildman–Crippen MR) is 136 cm³/mol. The Morgan fingerprint density at radius 3 is 2.86 bits per heavy atom. The van der Waals surface area contributed by atoms with Crippen molar-refractivity contribution in [2.24, 2.45) is 13.0 Å². The topological polar surface area (TPSA) is 106 Å². The van der Waals surface area contributed by atoms with Crippen molar-refractivity contribution in [1.29, 1.82) is 0 Å². The summed E-state index contributed by atoms with van der Waals surface area (Å²) in [4.78, 5) is 29.2. The van der Waals surface area contributed by atoms with Gasteiger partial charge in [0, 0.05) is 48.6 Å². The number of nitrogens with zero attached hydrogens (tertiary/aromatic N) is 3. The lowest BCUT2D eigenvalue weighted by molar-refractivity contribution is -0.140. The maximum Gasteiger partial charge on any atom is 0.326 e. The van der Waals surface area contributed by atoms with E-state index in [-0.39, 0.29) is 12.5 Å². The van der Waals surface area contributed by atoms with E-state index >= 15 is 0 Å². The van der Waals surface area contributed by atoms with Crippen LogP contribution in [0.4, 0.5) is 0 Å². The number of benzene rings is 1. The van der Waals surface area contributed by atoms with Crippen LogP contribution in [0.25, 0.3) is 10.9 Å². The number of rotatable bonds is 10. The van der Waals surface area contributed by atoms with Gasteiger partial charge in [0.15, 0.2) is 0 Å². The summed E-state index contributed by atoms with van der Waals surface area (Å²) in [5, 5.41) is 17.3. The summed E-state index contributed by atoms with van der Waals surface area (Å²) in [5.74, 6) is -0.837. The summed E-state index contributed by atoms with van der Waals surface area (Å²) in [7, 11) is 1.82. The normalized spacial score (nSPS) is 19.9. The molecule has 36 heavy (non-hydrogen) atoms. The number of carboxylic acids is 1. The highest BCUT2D eigenvalue weighted by Gasteiger charge is 2.30. The number of carboxylic acid groups (broad SMARTS) is 1. The van der Waals surface area contributed by atoms with Crippen LogP contribution in [-0.4, -0.2) is 50.5 Å². The molecule has 5 rings (SSSR count). The van der Waals surface area contributed by atoms with Crippen LogP contribution in [0.5, 0.6) is 0 Å². The van der Waals surface area contributed by atoms with Gasteiger partial charge < -0.3 is 15.2 Å². The first-order valence-corrected chi connectivity index (χ1v) is 13.0. The molecular formula is C28H34N4O4. The SMILES string of the molecule is Cn1cc2cc(C(=O)NC(CCOC3CC(CCc4ccc5c(n4)CCCC5)C3)C(=O)O)ccc2n1. The summed E-state index contributed by atoms with van der Waals surface area (Å²) in [6.07, 6.45) is 11.1. The Morgan fingerprint density at radius 1 is 1.19 bits per heavy atom. The van der Waals surface area contributed by atoms with Crippen LogP contribution in [-0.2, 0) is 35.8 Å². The molecule has 1 fully saturated rings. The number of aromatic nitrogens is 3. The molecule has 1 unspecified atom stereocenters. The first-order valence-electron chi connectivity index (χ1n) is 13.0. The van der Waals surface area contributed by atoms with Crippen LogP contribution < -0.4 is 5.32 Å². The van der Waals surface area contributed by atoms with E-state index < -0.39 is 17.9 Å². The molecule has 2 aliphatic carbocycles. The Morgan fingerprint density at radius 2 is 2.03 bits per heavy atom. The minimum Gasteiger partial charge on any atom is -0.480 e. The summed E-state index contributed by atoms with van der Waals surface area (Å²) in [6.45, 7) is 0.308. The zero-order valence-electron chi connectivity index (χ0n) is 20.8. The lowest BCUT2D eigenvalue weighted by Crippen LogP contribution is -2.42. The molecule has 1 aromatic carbocycles. The van der Waals surface area contributed by atoms with Gasteiger partial charge >= 0.3 is 5.97 Å². The predicted octanol–water partition coefficient (Wildman–Crippen LogP) is 3.85. The molecule has 1 saturated carbocycles. The van der Waals surface area contributed by atoms with Gasteiger partial charge in [0.05, 0.1) is 11.6 Å². The Kier molecular flexibility index (Phi) is 7.32. The van der Waals surface area contributed by atoms with E-state index in [0.29, 0.717) is 18.1 Å². The van der Waals surface area contributed by atoms with Crippen molar-refractivity contribution < 1.29 is 19.4 Å². The molecule has 0 spiro atoms. The van der Waals surface area contributed by atoms with Gasteiger partial charge in [0.2, 0.25) is 0 Å². The second kappa shape index (κ2) is 10.8. The molecule has 0 bridgehead atoms. The van der Waals surface area contributed by atoms with E-state index in [9.17, 15) is 14.7 Å². The fourth-order valence-corrected chi connectivity index (χ4v) is 5.31. The lowest BCUT2D eigenvalue weighted by Gasteiger charge is -2.35. The average molecular weight is 491 g/mol. The van der Waals surface area contributed by atoms with Gasteiger partial charge in [-0.3, -0.25) is 14.5 Å². The fourth-order valence-electron chi connectivity index (χ4n) is 5.31. The van der Waals surface area contributed by atoms with Crippen molar-refractivity contribution in [3.8, 4) is 0 Å². The van der Waals surface area contributed by atoms with Crippen LogP contribution in [0.3, 0.4) is 0 Å². The monoisotopic (exact) mass is 490 g/mol. The number of aryl methyl sites for hydroxylation is 4. The molecule has 2 aliphatic rings. The maximum absolute atomic E-state index is 12.6. The van der Waals surface area contributed by atoms with E-state index in [1.807, 2.05) is 13.2 Å². The summed E-state index contributed by atoms with van der Waals surface area (Å²) < 4.78 is 7.60. The van der Waals surface area contributed by atoms with Crippen LogP contribution in [0.15, 0.2) is 36.5 Å². The molecule has 3 aromatic rings. The number of aliphatic carboxylic acids is 1. The third-order valence-electron chi connectivity index (χ3n) is 7.48. The molecular weight excluding hydrogens is 456 g/mol. The third-order valence-corrected chi connectivity index (χ3v) is 7.48. The summed E-state index contributed by atoms with van der Waals surface area (Å²) >= 11 is 0. The number of hydrogen-bond donors (Lipinski definition) is 2. The summed E-state index contributed by atoms with van der Waals surface area (Å²) in [6, 6.07) is 8.60. The number of nitrogens with one attached hydrogen (secondary N) is 1. The summed E-state index contributed by atoms with van der Waals surface area (Å²) in [5.41, 5.74) is 5.12. The van der Waals surface area contributed by atoms with Gasteiger partial charge in [-0.1, -0.05) is 6.07 Å². The van der Waals surface area contributed by atoms with Crippen molar-refractivity contribution in [3.63, 3.8) is 0 Å². The standard InChI is InChI=1S/C28H34N4O4/c1-32-17-21-16-20(8-11-25(21)31-32)27(33)30-26(28(34)35)12-13-36-23-14-18(15-23)6-9-22-10-7-19-4-2-3-5-24(19)29-22/h7-8,10-11,16-18,23,26H,2-6,9,12-15H2,1H3,(H,30,33)(H,34,35). The van der Waals surface area contributed by atoms with E-state index in [1.54, 1.807) is 22.9 Å². The second-order valence-electron chi connectivity index (χ2n) is 10.2. The first-order chi connectivity index (χ1) is 17.4. The molecule has 2 heterocycles. The smallest absolute Gasteiger partial charge is 0.326 e. The fraction of sp³-hybridized carbons (Fsp3) is 0.500. The van der Waals surface area contributed by atoms with Gasteiger partial charge in [0.25, 0.3) is 5.91 Å². The molecule has 0 radical (unpaired) electrons. The molecule has 1 atom stereocenters. The molecule has 2 aromatic heterocycles. The molecule has 8 heteroatoms. The van der Waals surface area contributed by atoms with Crippen LogP contribution in [0, 0.1) is 5.92 Å². The first kappa shape index (κ1) is 24.4. The van der Waals surface area contributed by atoms with Gasteiger partial charge in [-0.2, -0.15) is 5.10 Å². The highest BCUT2D eigenvalue weighted by atomic mass is 16.5. The van der Waals surface area contributed by atoms with Crippen molar-refractivity contribution in [2.45, 2.75) is 69.9 Å². The largest absolute Gasteiger partial charge is 0.480 e. The average Bonchev–Trinajstić information content (AvgIpc) is 3.22. The van der Waals surface area contributed by atoms with Crippen molar-refractivity contribution in [3.05, 3.63) is 59.0 Å².